The van der Waals surface area contributed by atoms with E-state index in [1.807, 2.05) is 6.92 Å². The number of aromatic hydroxyl groups is 2. The van der Waals surface area contributed by atoms with Crippen LogP contribution < -0.4 is 0 Å². The van der Waals surface area contributed by atoms with Crippen LogP contribution in [0, 0.1) is 0 Å². The van der Waals surface area contributed by atoms with E-state index in [1.54, 1.807) is 4.90 Å². The van der Waals surface area contributed by atoms with Crippen molar-refractivity contribution in [3.05, 3.63) is 23.8 Å². The summed E-state index contributed by atoms with van der Waals surface area (Å²) in [5.74, 6) is -0.435. The summed E-state index contributed by atoms with van der Waals surface area (Å²) in [6.45, 7) is 3.45. The van der Waals surface area contributed by atoms with E-state index in [0.717, 1.165) is 0 Å². The summed E-state index contributed by atoms with van der Waals surface area (Å²) in [4.78, 5) is 13.8. The summed E-state index contributed by atoms with van der Waals surface area (Å²) in [5.41, 5.74) is 0.288. The molecule has 1 unspecified atom stereocenters. The molecule has 17 heavy (non-hydrogen) atoms. The van der Waals surface area contributed by atoms with Gasteiger partial charge in [0.05, 0.1) is 19.3 Å². The molecular weight excluding hydrogens is 222 g/mol. The van der Waals surface area contributed by atoms with E-state index in [0.29, 0.717) is 19.8 Å². The molecular formula is C12H15NO4. The maximum Gasteiger partial charge on any atom is 0.254 e. The van der Waals surface area contributed by atoms with E-state index >= 15 is 0 Å². The molecule has 5 heteroatoms. The first-order valence-electron chi connectivity index (χ1n) is 5.49. The van der Waals surface area contributed by atoms with E-state index < -0.39 is 0 Å². The van der Waals surface area contributed by atoms with Gasteiger partial charge in [0, 0.05) is 18.2 Å². The van der Waals surface area contributed by atoms with Crippen LogP contribution in [-0.4, -0.2) is 46.8 Å². The summed E-state index contributed by atoms with van der Waals surface area (Å²) in [7, 11) is 0. The van der Waals surface area contributed by atoms with Gasteiger partial charge < -0.3 is 19.8 Å². The molecule has 0 bridgehead atoms. The Morgan fingerprint density at radius 3 is 2.59 bits per heavy atom. The first-order valence-corrected chi connectivity index (χ1v) is 5.49. The largest absolute Gasteiger partial charge is 0.508 e. The van der Waals surface area contributed by atoms with Crippen LogP contribution in [-0.2, 0) is 4.74 Å². The monoisotopic (exact) mass is 237 g/mol. The standard InChI is InChI=1S/C12H15NO4/c1-8-7-17-3-2-13(8)12(16)9-4-10(14)6-11(15)5-9/h4-6,8,14-15H,2-3,7H2,1H3. The topological polar surface area (TPSA) is 70.0 Å². The number of amides is 1. The molecule has 0 aliphatic carbocycles. The van der Waals surface area contributed by atoms with Crippen molar-refractivity contribution in [1.29, 1.82) is 0 Å². The van der Waals surface area contributed by atoms with Crippen LogP contribution in [0.2, 0.25) is 0 Å². The Balaban J connectivity index is 2.23. The number of hydrogen-bond donors (Lipinski definition) is 2. The summed E-state index contributed by atoms with van der Waals surface area (Å²) in [6.07, 6.45) is 0. The molecule has 0 aromatic heterocycles. The SMILES string of the molecule is CC1COCCN1C(=O)c1cc(O)cc(O)c1. The predicted octanol–water partition coefficient (Wildman–Crippen LogP) is 0.959. The van der Waals surface area contributed by atoms with Crippen molar-refractivity contribution in [2.45, 2.75) is 13.0 Å². The zero-order chi connectivity index (χ0) is 12.4. The van der Waals surface area contributed by atoms with Gasteiger partial charge in [-0.05, 0) is 19.1 Å². The van der Waals surface area contributed by atoms with Gasteiger partial charge in [0.25, 0.3) is 5.91 Å². The van der Waals surface area contributed by atoms with E-state index in [2.05, 4.69) is 0 Å². The van der Waals surface area contributed by atoms with Crippen LogP contribution in [0.4, 0.5) is 0 Å². The maximum atomic E-state index is 12.2. The Morgan fingerprint density at radius 2 is 2.00 bits per heavy atom. The smallest absolute Gasteiger partial charge is 0.254 e. The van der Waals surface area contributed by atoms with E-state index in [-0.39, 0.29) is 29.0 Å². The van der Waals surface area contributed by atoms with Gasteiger partial charge >= 0.3 is 0 Å². The molecule has 1 aromatic rings. The minimum atomic E-state index is -0.202. The molecule has 1 aliphatic heterocycles. The van der Waals surface area contributed by atoms with Crippen molar-refractivity contribution >= 4 is 5.91 Å². The number of carbonyl (C=O) groups excluding carboxylic acids is 1. The average Bonchev–Trinajstić information content (AvgIpc) is 2.27. The molecule has 1 saturated heterocycles. The highest BCUT2D eigenvalue weighted by Crippen LogP contribution is 2.22. The van der Waals surface area contributed by atoms with Gasteiger partial charge in [0.1, 0.15) is 11.5 Å². The van der Waals surface area contributed by atoms with Crippen LogP contribution in [0.15, 0.2) is 18.2 Å². The number of phenols is 2. The summed E-state index contributed by atoms with van der Waals surface area (Å²) in [5, 5.41) is 18.7. The number of hydrogen-bond acceptors (Lipinski definition) is 4. The lowest BCUT2D eigenvalue weighted by Gasteiger charge is -2.33. The second-order valence-electron chi connectivity index (χ2n) is 4.16. The summed E-state index contributed by atoms with van der Waals surface area (Å²) < 4.78 is 5.25. The molecule has 0 saturated carbocycles. The molecule has 0 radical (unpaired) electrons. The van der Waals surface area contributed by atoms with Crippen molar-refractivity contribution in [2.75, 3.05) is 19.8 Å². The second-order valence-corrected chi connectivity index (χ2v) is 4.16. The van der Waals surface area contributed by atoms with Gasteiger partial charge in [0.2, 0.25) is 0 Å². The predicted molar refractivity (Wildman–Crippen MR) is 61.1 cm³/mol. The molecule has 92 valence electrons. The van der Waals surface area contributed by atoms with Crippen molar-refractivity contribution in [3.8, 4) is 11.5 Å². The third kappa shape index (κ3) is 2.50. The lowest BCUT2D eigenvalue weighted by Crippen LogP contribution is -2.47. The highest BCUT2D eigenvalue weighted by molar-refractivity contribution is 5.95. The number of carbonyl (C=O) groups is 1. The van der Waals surface area contributed by atoms with Gasteiger partial charge in [0.15, 0.2) is 0 Å². The molecule has 0 spiro atoms. The van der Waals surface area contributed by atoms with Crippen molar-refractivity contribution in [3.63, 3.8) is 0 Å². The van der Waals surface area contributed by atoms with Gasteiger partial charge in [-0.3, -0.25) is 4.79 Å². The summed E-state index contributed by atoms with van der Waals surface area (Å²) in [6, 6.07) is 3.90. The lowest BCUT2D eigenvalue weighted by molar-refractivity contribution is 0.00356. The number of phenolic OH excluding ortho intramolecular Hbond substituents is 2. The molecule has 1 aliphatic rings. The number of nitrogens with zero attached hydrogens (tertiary/aromatic N) is 1. The van der Waals surface area contributed by atoms with Gasteiger partial charge in [-0.15, -0.1) is 0 Å². The van der Waals surface area contributed by atoms with Crippen molar-refractivity contribution < 1.29 is 19.7 Å². The average molecular weight is 237 g/mol. The molecule has 2 rings (SSSR count). The van der Waals surface area contributed by atoms with Crippen molar-refractivity contribution in [2.24, 2.45) is 0 Å². The number of benzene rings is 1. The number of morpholine rings is 1. The zero-order valence-electron chi connectivity index (χ0n) is 9.59. The minimum Gasteiger partial charge on any atom is -0.508 e. The Hall–Kier alpha value is -1.75. The molecule has 2 N–H and O–H groups in total. The Morgan fingerprint density at radius 1 is 1.35 bits per heavy atom. The maximum absolute atomic E-state index is 12.2. The van der Waals surface area contributed by atoms with Crippen LogP contribution in [0.5, 0.6) is 11.5 Å². The van der Waals surface area contributed by atoms with Gasteiger partial charge in [-0.1, -0.05) is 0 Å². The number of rotatable bonds is 1. The van der Waals surface area contributed by atoms with E-state index in [1.165, 1.54) is 18.2 Å². The normalized spacial score (nSPS) is 20.3. The van der Waals surface area contributed by atoms with Gasteiger partial charge in [-0.25, -0.2) is 0 Å². The Kier molecular flexibility index (Phi) is 3.19. The van der Waals surface area contributed by atoms with Crippen LogP contribution in [0.1, 0.15) is 17.3 Å². The highest BCUT2D eigenvalue weighted by Gasteiger charge is 2.25. The molecule has 1 aromatic carbocycles. The first kappa shape index (κ1) is 11.7. The lowest BCUT2D eigenvalue weighted by atomic mass is 10.1. The fraction of sp³-hybridized carbons (Fsp3) is 0.417. The highest BCUT2D eigenvalue weighted by atomic mass is 16.5. The Labute approximate surface area is 99.2 Å². The second kappa shape index (κ2) is 4.63. The van der Waals surface area contributed by atoms with Crippen molar-refractivity contribution in [1.82, 2.24) is 4.90 Å². The van der Waals surface area contributed by atoms with Crippen LogP contribution >= 0.6 is 0 Å². The molecule has 1 atom stereocenters. The molecule has 5 nitrogen and oxygen atoms in total. The fourth-order valence-corrected chi connectivity index (χ4v) is 1.91. The Bertz CT molecular complexity index is 412. The number of ether oxygens (including phenoxy) is 1. The first-order chi connectivity index (χ1) is 8.08. The molecule has 1 amide bonds. The zero-order valence-corrected chi connectivity index (χ0v) is 9.59. The summed E-state index contributed by atoms with van der Waals surface area (Å²) >= 11 is 0. The van der Waals surface area contributed by atoms with Crippen LogP contribution in [0.3, 0.4) is 0 Å². The minimum absolute atomic E-state index is 0.000687. The molecule has 1 fully saturated rings. The third-order valence-electron chi connectivity index (χ3n) is 2.78. The van der Waals surface area contributed by atoms with E-state index in [4.69, 9.17) is 4.74 Å². The van der Waals surface area contributed by atoms with E-state index in [9.17, 15) is 15.0 Å². The quantitative estimate of drug-likeness (QED) is 0.763. The van der Waals surface area contributed by atoms with Gasteiger partial charge in [-0.2, -0.15) is 0 Å². The third-order valence-corrected chi connectivity index (χ3v) is 2.78. The fourth-order valence-electron chi connectivity index (χ4n) is 1.91. The van der Waals surface area contributed by atoms with Crippen LogP contribution in [0.25, 0.3) is 0 Å². The molecule has 1 heterocycles.